The van der Waals surface area contributed by atoms with Crippen LogP contribution in [0.25, 0.3) is 10.8 Å². The van der Waals surface area contributed by atoms with Crippen LogP contribution in [0.5, 0.6) is 11.5 Å². The SMILES string of the molecule is CO[Si](C)(C)O[Si](C)(C)Oc1ccc(C2Nc3ccc4c5c(ccc(c35)S2)NC(c2ccc(O[Si](C)(C)O[Si](C)(C)OC)cc2)S4)cc1. The van der Waals surface area contributed by atoms with Crippen LogP contribution in [-0.2, 0) is 17.1 Å². The predicted molar refractivity (Wildman–Crippen MR) is 209 cm³/mol. The first-order valence-corrected chi connectivity index (χ1v) is 29.1. The van der Waals surface area contributed by atoms with E-state index in [0.717, 1.165) is 22.9 Å². The molecule has 0 aliphatic carbocycles. The Kier molecular flexibility index (Phi) is 9.98. The number of rotatable bonds is 12. The minimum absolute atomic E-state index is 0.0891. The van der Waals surface area contributed by atoms with Gasteiger partial charge in [0.2, 0.25) is 0 Å². The van der Waals surface area contributed by atoms with Crippen molar-refractivity contribution in [1.82, 2.24) is 0 Å². The Morgan fingerprint density at radius 3 is 1.17 bits per heavy atom. The molecule has 0 saturated heterocycles. The van der Waals surface area contributed by atoms with Crippen LogP contribution in [0.3, 0.4) is 0 Å². The fraction of sp³-hybridized carbons (Fsp3) is 0.353. The van der Waals surface area contributed by atoms with Crippen LogP contribution in [0.4, 0.5) is 11.4 Å². The van der Waals surface area contributed by atoms with E-state index in [4.69, 9.17) is 25.9 Å². The van der Waals surface area contributed by atoms with Gasteiger partial charge in [0.25, 0.3) is 0 Å². The molecule has 2 atom stereocenters. The number of benzene rings is 4. The summed E-state index contributed by atoms with van der Waals surface area (Å²) < 4.78 is 36.5. The van der Waals surface area contributed by atoms with Gasteiger partial charge in [0.1, 0.15) is 22.2 Å². The van der Waals surface area contributed by atoms with Crippen LogP contribution in [0.1, 0.15) is 21.9 Å². The van der Waals surface area contributed by atoms with E-state index in [0.29, 0.717) is 0 Å². The molecule has 0 spiro atoms. The van der Waals surface area contributed by atoms with Crippen LogP contribution < -0.4 is 19.5 Å². The van der Waals surface area contributed by atoms with E-state index in [1.165, 1.54) is 31.7 Å². The Labute approximate surface area is 297 Å². The standard InChI is InChI=1S/C34H46N2O6S2Si4/c1-37-45(3,4)41-47(7,8)39-25-15-11-23(12-16-25)33-35-27-19-22-30-32-28(20-21-29(43-33)31(27)32)36-34(44-30)24-13-17-26(18-14-24)40-48(9,10)42-46(5,6)38-2/h11-22,33-36H,1-10H3. The Morgan fingerprint density at radius 1 is 0.479 bits per heavy atom. The van der Waals surface area contributed by atoms with Crippen LogP contribution >= 0.6 is 23.5 Å². The monoisotopic (exact) mass is 754 g/mol. The third-order valence-corrected chi connectivity index (χ3v) is 21.9. The Balaban J connectivity index is 1.14. The number of hydrogen-bond donors (Lipinski definition) is 2. The molecule has 2 N–H and O–H groups in total. The second-order valence-corrected chi connectivity index (χ2v) is 30.2. The largest absolute Gasteiger partial charge is 0.521 e. The summed E-state index contributed by atoms with van der Waals surface area (Å²) >= 11 is 3.70. The molecule has 2 heterocycles. The van der Waals surface area contributed by atoms with Gasteiger partial charge in [-0.3, -0.25) is 0 Å². The molecule has 0 saturated carbocycles. The fourth-order valence-corrected chi connectivity index (χ4v) is 20.4. The molecule has 0 radical (unpaired) electrons. The summed E-state index contributed by atoms with van der Waals surface area (Å²) in [4.78, 5) is 2.55. The Morgan fingerprint density at radius 2 is 0.833 bits per heavy atom. The van der Waals surface area contributed by atoms with E-state index in [9.17, 15) is 0 Å². The van der Waals surface area contributed by atoms with E-state index in [-0.39, 0.29) is 10.7 Å². The average molecular weight is 755 g/mol. The number of anilines is 2. The molecule has 4 aromatic rings. The minimum atomic E-state index is -2.40. The summed E-state index contributed by atoms with van der Waals surface area (Å²) in [5, 5.41) is 10.3. The molecular formula is C34H46N2O6S2Si4. The first-order chi connectivity index (χ1) is 22.6. The highest BCUT2D eigenvalue weighted by Crippen LogP contribution is 2.54. The Hall–Kier alpha value is -2.25. The molecule has 0 fully saturated rings. The van der Waals surface area contributed by atoms with Crippen molar-refractivity contribution in [3.8, 4) is 11.5 Å². The molecule has 0 bridgehead atoms. The van der Waals surface area contributed by atoms with Crippen molar-refractivity contribution in [3.05, 3.63) is 83.9 Å². The zero-order valence-corrected chi connectivity index (χ0v) is 35.0. The van der Waals surface area contributed by atoms with Crippen molar-refractivity contribution in [2.75, 3.05) is 24.9 Å². The van der Waals surface area contributed by atoms with Crippen molar-refractivity contribution in [1.29, 1.82) is 0 Å². The lowest BCUT2D eigenvalue weighted by Gasteiger charge is -2.33. The highest BCUT2D eigenvalue weighted by molar-refractivity contribution is 8.00. The first-order valence-electron chi connectivity index (χ1n) is 16.1. The van der Waals surface area contributed by atoms with E-state index >= 15 is 0 Å². The molecule has 14 heteroatoms. The highest BCUT2D eigenvalue weighted by Gasteiger charge is 2.38. The van der Waals surface area contributed by atoms with Crippen molar-refractivity contribution in [3.63, 3.8) is 0 Å². The minimum Gasteiger partial charge on any atom is -0.521 e. The van der Waals surface area contributed by atoms with Gasteiger partial charge in [-0.05, 0) is 112 Å². The molecule has 0 aromatic heterocycles. The zero-order chi connectivity index (χ0) is 34.5. The lowest BCUT2D eigenvalue weighted by Crippen LogP contribution is -2.49. The number of hydrogen-bond acceptors (Lipinski definition) is 10. The maximum atomic E-state index is 6.34. The third-order valence-electron chi connectivity index (χ3n) is 8.21. The van der Waals surface area contributed by atoms with Gasteiger partial charge in [0.05, 0.1) is 0 Å². The van der Waals surface area contributed by atoms with Crippen molar-refractivity contribution < 1.29 is 25.9 Å². The topological polar surface area (TPSA) is 79.4 Å². The van der Waals surface area contributed by atoms with E-state index in [1.54, 1.807) is 14.2 Å². The summed E-state index contributed by atoms with van der Waals surface area (Å²) in [6.45, 7) is 16.4. The fourth-order valence-electron chi connectivity index (χ4n) is 6.07. The van der Waals surface area contributed by atoms with Gasteiger partial charge in [0.15, 0.2) is 0 Å². The molecule has 48 heavy (non-hydrogen) atoms. The molecule has 2 unspecified atom stereocenters. The zero-order valence-electron chi connectivity index (χ0n) is 29.3. The van der Waals surface area contributed by atoms with Gasteiger partial charge >= 0.3 is 34.2 Å². The lowest BCUT2D eigenvalue weighted by atomic mass is 10.0. The molecule has 256 valence electrons. The number of nitrogens with one attached hydrogen (secondary N) is 2. The summed E-state index contributed by atoms with van der Waals surface area (Å²) in [6, 6.07) is 25.7. The normalized spacial score (nSPS) is 17.9. The van der Waals surface area contributed by atoms with E-state index < -0.39 is 34.2 Å². The van der Waals surface area contributed by atoms with Crippen molar-refractivity contribution >= 4 is 79.9 Å². The summed E-state index contributed by atoms with van der Waals surface area (Å²) in [5.74, 6) is 1.64. The van der Waals surface area contributed by atoms with Gasteiger partial charge < -0.3 is 36.6 Å². The van der Waals surface area contributed by atoms with Crippen LogP contribution in [0, 0.1) is 0 Å². The van der Waals surface area contributed by atoms with Gasteiger partial charge in [-0.1, -0.05) is 47.8 Å². The molecule has 2 aliphatic rings. The summed E-state index contributed by atoms with van der Waals surface area (Å²) in [7, 11) is -5.77. The van der Waals surface area contributed by atoms with Gasteiger partial charge in [-0.25, -0.2) is 0 Å². The van der Waals surface area contributed by atoms with E-state index in [2.05, 4.69) is 85.4 Å². The van der Waals surface area contributed by atoms with Crippen LogP contribution in [0.15, 0.2) is 82.6 Å². The van der Waals surface area contributed by atoms with Gasteiger partial charge in [0, 0.05) is 46.2 Å². The second-order valence-electron chi connectivity index (χ2n) is 13.8. The molecular weight excluding hydrogens is 709 g/mol. The Bertz CT molecular complexity index is 1610. The second kappa shape index (κ2) is 13.5. The first kappa shape index (κ1) is 35.6. The lowest BCUT2D eigenvalue weighted by molar-refractivity contribution is 0.280. The molecule has 0 amide bonds. The summed E-state index contributed by atoms with van der Waals surface area (Å²) in [5.41, 5.74) is 4.69. The van der Waals surface area contributed by atoms with Crippen LogP contribution in [0.2, 0.25) is 52.4 Å². The predicted octanol–water partition coefficient (Wildman–Crippen LogP) is 10.2. The molecule has 8 nitrogen and oxygen atoms in total. The van der Waals surface area contributed by atoms with Crippen LogP contribution in [-0.4, -0.2) is 48.5 Å². The summed E-state index contributed by atoms with van der Waals surface area (Å²) in [6.07, 6.45) is 0. The van der Waals surface area contributed by atoms with Crippen molar-refractivity contribution in [2.45, 2.75) is 72.9 Å². The highest BCUT2D eigenvalue weighted by atomic mass is 32.2. The average Bonchev–Trinajstić information content (AvgIpc) is 3.02. The molecule has 6 rings (SSSR count). The smallest absolute Gasteiger partial charge is 0.383 e. The van der Waals surface area contributed by atoms with Crippen molar-refractivity contribution in [2.24, 2.45) is 0 Å². The molecule has 2 aliphatic heterocycles. The third kappa shape index (κ3) is 8.03. The maximum absolute atomic E-state index is 6.34. The molecule has 4 aromatic carbocycles. The quantitative estimate of drug-likeness (QED) is 0.137. The maximum Gasteiger partial charge on any atom is 0.383 e. The van der Waals surface area contributed by atoms with Gasteiger partial charge in [-0.2, -0.15) is 0 Å². The number of thioether (sulfide) groups is 2. The van der Waals surface area contributed by atoms with Gasteiger partial charge in [-0.15, -0.1) is 0 Å². The van der Waals surface area contributed by atoms with E-state index in [1.807, 2.05) is 74.0 Å².